The Kier molecular flexibility index (Phi) is 2.48. The van der Waals surface area contributed by atoms with Crippen molar-refractivity contribution in [2.24, 2.45) is 0 Å². The van der Waals surface area contributed by atoms with Crippen LogP contribution in [0.5, 0.6) is 0 Å². The molecule has 0 spiro atoms. The first-order chi connectivity index (χ1) is 6.29. The molecule has 0 amide bonds. The van der Waals surface area contributed by atoms with Gasteiger partial charge < -0.3 is 0 Å². The van der Waals surface area contributed by atoms with Crippen LogP contribution in [0, 0.1) is 11.3 Å². The van der Waals surface area contributed by atoms with Gasteiger partial charge in [0.1, 0.15) is 0 Å². The molecule has 1 aromatic carbocycles. The smallest absolute Gasteiger partial charge is 0.0992 e. The lowest BCUT2D eigenvalue weighted by atomic mass is 10.2. The van der Waals surface area contributed by atoms with Gasteiger partial charge in [-0.1, -0.05) is 11.6 Å². The Bertz CT molecular complexity index is 366. The zero-order valence-electron chi connectivity index (χ0n) is 6.96. The molecule has 3 heteroatoms. The van der Waals surface area contributed by atoms with E-state index < -0.39 is 0 Å². The number of nitrogens with zero attached hydrogens (tertiary/aromatic N) is 1. The highest BCUT2D eigenvalue weighted by atomic mass is 35.5. The van der Waals surface area contributed by atoms with E-state index >= 15 is 0 Å². The number of rotatable bonds is 2. The van der Waals surface area contributed by atoms with Gasteiger partial charge in [0.05, 0.1) is 16.7 Å². The molecule has 0 heterocycles. The number of thioether (sulfide) groups is 1. The van der Waals surface area contributed by atoms with E-state index in [9.17, 15) is 0 Å². The number of hydrogen-bond acceptors (Lipinski definition) is 2. The molecule has 1 fully saturated rings. The molecule has 1 aliphatic carbocycles. The summed E-state index contributed by atoms with van der Waals surface area (Å²) in [6.07, 6.45) is 2.59. The molecule has 13 heavy (non-hydrogen) atoms. The summed E-state index contributed by atoms with van der Waals surface area (Å²) in [7, 11) is 0. The molecular weight excluding hydrogens is 202 g/mol. The topological polar surface area (TPSA) is 23.8 Å². The molecule has 0 N–H and O–H groups in total. The number of halogens is 1. The summed E-state index contributed by atoms with van der Waals surface area (Å²) in [6, 6.07) is 7.55. The molecule has 0 aromatic heterocycles. The van der Waals surface area contributed by atoms with Gasteiger partial charge in [-0.15, -0.1) is 11.8 Å². The number of benzene rings is 1. The van der Waals surface area contributed by atoms with Crippen molar-refractivity contribution in [2.75, 3.05) is 0 Å². The fraction of sp³-hybridized carbons (Fsp3) is 0.300. The SMILES string of the molecule is N#Cc1ccc(SC2CC2)c(Cl)c1. The highest BCUT2D eigenvalue weighted by molar-refractivity contribution is 8.00. The third-order valence-corrected chi connectivity index (χ3v) is 3.72. The van der Waals surface area contributed by atoms with Crippen molar-refractivity contribution >= 4 is 23.4 Å². The summed E-state index contributed by atoms with van der Waals surface area (Å²) in [6.45, 7) is 0. The van der Waals surface area contributed by atoms with Crippen LogP contribution in [0.4, 0.5) is 0 Å². The first-order valence-corrected chi connectivity index (χ1v) is 5.41. The molecule has 0 bridgehead atoms. The summed E-state index contributed by atoms with van der Waals surface area (Å²) in [5, 5.41) is 10.1. The van der Waals surface area contributed by atoms with E-state index in [1.807, 2.05) is 23.9 Å². The second-order valence-electron chi connectivity index (χ2n) is 3.07. The van der Waals surface area contributed by atoms with E-state index in [1.54, 1.807) is 6.07 Å². The van der Waals surface area contributed by atoms with Crippen molar-refractivity contribution in [1.29, 1.82) is 5.26 Å². The van der Waals surface area contributed by atoms with E-state index in [4.69, 9.17) is 16.9 Å². The van der Waals surface area contributed by atoms with Crippen molar-refractivity contribution < 1.29 is 0 Å². The summed E-state index contributed by atoms with van der Waals surface area (Å²) in [5.74, 6) is 0. The second-order valence-corrected chi connectivity index (χ2v) is 4.82. The first kappa shape index (κ1) is 8.93. The van der Waals surface area contributed by atoms with Crippen LogP contribution in [0.1, 0.15) is 18.4 Å². The molecule has 0 atom stereocenters. The minimum absolute atomic E-state index is 0.630. The third kappa shape index (κ3) is 2.18. The maximum atomic E-state index is 8.63. The average molecular weight is 210 g/mol. The lowest BCUT2D eigenvalue weighted by Gasteiger charge is -2.01. The molecule has 0 saturated heterocycles. The molecule has 0 aliphatic heterocycles. The Morgan fingerprint density at radius 1 is 1.46 bits per heavy atom. The minimum Gasteiger partial charge on any atom is -0.192 e. The Balaban J connectivity index is 2.21. The predicted octanol–water partition coefficient (Wildman–Crippen LogP) is 3.47. The van der Waals surface area contributed by atoms with Gasteiger partial charge in [0.15, 0.2) is 0 Å². The Labute approximate surface area is 86.7 Å². The van der Waals surface area contributed by atoms with Crippen molar-refractivity contribution in [1.82, 2.24) is 0 Å². The van der Waals surface area contributed by atoms with E-state index in [1.165, 1.54) is 12.8 Å². The highest BCUT2D eigenvalue weighted by Gasteiger charge is 2.23. The average Bonchev–Trinajstić information content (AvgIpc) is 2.92. The van der Waals surface area contributed by atoms with Gasteiger partial charge >= 0.3 is 0 Å². The quantitative estimate of drug-likeness (QED) is 0.745. The molecule has 66 valence electrons. The predicted molar refractivity (Wildman–Crippen MR) is 55.0 cm³/mol. The van der Waals surface area contributed by atoms with E-state index in [0.29, 0.717) is 10.6 Å². The Morgan fingerprint density at radius 2 is 2.23 bits per heavy atom. The van der Waals surface area contributed by atoms with Crippen LogP contribution in [-0.4, -0.2) is 5.25 Å². The molecule has 2 rings (SSSR count). The van der Waals surface area contributed by atoms with Gasteiger partial charge in [0.25, 0.3) is 0 Å². The van der Waals surface area contributed by atoms with E-state index in [2.05, 4.69) is 6.07 Å². The summed E-state index contributed by atoms with van der Waals surface area (Å²) in [5.41, 5.74) is 0.630. The summed E-state index contributed by atoms with van der Waals surface area (Å²) < 4.78 is 0. The van der Waals surface area contributed by atoms with Gasteiger partial charge in [-0.05, 0) is 31.0 Å². The summed E-state index contributed by atoms with van der Waals surface area (Å²) in [4.78, 5) is 1.10. The van der Waals surface area contributed by atoms with Crippen molar-refractivity contribution in [2.45, 2.75) is 23.0 Å². The molecule has 0 unspecified atom stereocenters. The molecule has 1 aromatic rings. The standard InChI is InChI=1S/C10H8ClNS/c11-9-5-7(6-12)1-4-10(9)13-8-2-3-8/h1,4-5,8H,2-3H2. The molecule has 1 aliphatic rings. The largest absolute Gasteiger partial charge is 0.192 e. The van der Waals surface area contributed by atoms with Crippen molar-refractivity contribution in [3.05, 3.63) is 28.8 Å². The molecule has 1 nitrogen and oxygen atoms in total. The fourth-order valence-corrected chi connectivity index (χ4v) is 2.39. The van der Waals surface area contributed by atoms with Crippen LogP contribution < -0.4 is 0 Å². The normalized spacial score (nSPS) is 15.4. The lowest BCUT2D eigenvalue weighted by Crippen LogP contribution is -1.80. The zero-order chi connectivity index (χ0) is 9.26. The molecule has 1 saturated carbocycles. The van der Waals surface area contributed by atoms with Crippen LogP contribution in [0.15, 0.2) is 23.1 Å². The van der Waals surface area contributed by atoms with Crippen LogP contribution >= 0.6 is 23.4 Å². The molecular formula is C10H8ClNS. The third-order valence-electron chi connectivity index (χ3n) is 1.88. The monoisotopic (exact) mass is 209 g/mol. The van der Waals surface area contributed by atoms with Crippen molar-refractivity contribution in [3.8, 4) is 6.07 Å². The van der Waals surface area contributed by atoms with Crippen LogP contribution in [0.2, 0.25) is 5.02 Å². The second kappa shape index (κ2) is 3.61. The maximum absolute atomic E-state index is 8.63. The van der Waals surface area contributed by atoms with Crippen molar-refractivity contribution in [3.63, 3.8) is 0 Å². The maximum Gasteiger partial charge on any atom is 0.0992 e. The zero-order valence-corrected chi connectivity index (χ0v) is 8.53. The number of nitriles is 1. The fourth-order valence-electron chi connectivity index (χ4n) is 1.03. The van der Waals surface area contributed by atoms with Crippen LogP contribution in [0.3, 0.4) is 0 Å². The van der Waals surface area contributed by atoms with E-state index in [-0.39, 0.29) is 0 Å². The Hall–Kier alpha value is -0.650. The van der Waals surface area contributed by atoms with Crippen LogP contribution in [0.25, 0.3) is 0 Å². The first-order valence-electron chi connectivity index (χ1n) is 4.16. The Morgan fingerprint density at radius 3 is 2.77 bits per heavy atom. The van der Waals surface area contributed by atoms with Gasteiger partial charge in [-0.2, -0.15) is 5.26 Å². The van der Waals surface area contributed by atoms with Gasteiger partial charge in [0, 0.05) is 10.1 Å². The summed E-state index contributed by atoms with van der Waals surface area (Å²) >= 11 is 7.82. The van der Waals surface area contributed by atoms with Crippen LogP contribution in [-0.2, 0) is 0 Å². The highest BCUT2D eigenvalue weighted by Crippen LogP contribution is 2.41. The van der Waals surface area contributed by atoms with Gasteiger partial charge in [0.2, 0.25) is 0 Å². The van der Waals surface area contributed by atoms with E-state index in [0.717, 1.165) is 10.1 Å². The van der Waals surface area contributed by atoms with Gasteiger partial charge in [-0.3, -0.25) is 0 Å². The number of hydrogen-bond donors (Lipinski definition) is 0. The molecule has 0 radical (unpaired) electrons. The minimum atomic E-state index is 0.630. The lowest BCUT2D eigenvalue weighted by molar-refractivity contribution is 1.39. The van der Waals surface area contributed by atoms with Gasteiger partial charge in [-0.25, -0.2) is 0 Å².